The average Bonchev–Trinajstić information content (AvgIpc) is 3.34. The van der Waals surface area contributed by atoms with Gasteiger partial charge < -0.3 is 9.84 Å². The molecule has 1 saturated heterocycles. The van der Waals surface area contributed by atoms with Crippen LogP contribution >= 0.6 is 0 Å². The standard InChI is InChI=1S/C26H22F6N2O2/c1-24(35,26(30,31)32)18-5-2-16(3-6-18)22-19(27)10-15(11-20(22)28)13-34-9-8-25(14-34)12-17-4-7-21(29)33-23(17)36-25/h2-7,10-11,35H,8-9,12-14H2,1H3. The lowest BCUT2D eigenvalue weighted by Crippen LogP contribution is -2.39. The number of aliphatic hydroxyl groups is 1. The topological polar surface area (TPSA) is 45.6 Å². The van der Waals surface area contributed by atoms with Crippen molar-refractivity contribution in [3.05, 3.63) is 82.8 Å². The van der Waals surface area contributed by atoms with Gasteiger partial charge in [-0.3, -0.25) is 4.90 Å². The third-order valence-corrected chi connectivity index (χ3v) is 6.92. The molecule has 2 atom stereocenters. The summed E-state index contributed by atoms with van der Waals surface area (Å²) in [5, 5.41) is 9.80. The van der Waals surface area contributed by atoms with Crippen molar-refractivity contribution in [3.63, 3.8) is 0 Å². The van der Waals surface area contributed by atoms with E-state index in [4.69, 9.17) is 4.74 Å². The molecule has 3 aromatic rings. The second-order valence-electron chi connectivity index (χ2n) is 9.60. The van der Waals surface area contributed by atoms with Crippen LogP contribution in [-0.4, -0.2) is 39.9 Å². The summed E-state index contributed by atoms with van der Waals surface area (Å²) in [5.41, 5.74) is -3.18. The van der Waals surface area contributed by atoms with E-state index in [1.807, 2.05) is 4.90 Å². The van der Waals surface area contributed by atoms with E-state index in [1.165, 1.54) is 18.2 Å². The lowest BCUT2D eigenvalue weighted by atomic mass is 9.93. The van der Waals surface area contributed by atoms with Crippen LogP contribution in [0.15, 0.2) is 48.5 Å². The Morgan fingerprint density at radius 3 is 2.33 bits per heavy atom. The number of ether oxygens (including phenoxy) is 1. The molecule has 0 amide bonds. The van der Waals surface area contributed by atoms with Crippen LogP contribution in [0.4, 0.5) is 26.3 Å². The molecule has 0 saturated carbocycles. The van der Waals surface area contributed by atoms with Gasteiger partial charge in [0.1, 0.15) is 17.2 Å². The zero-order chi connectivity index (χ0) is 25.9. The van der Waals surface area contributed by atoms with Gasteiger partial charge in [0, 0.05) is 38.0 Å². The Hall–Kier alpha value is -3.11. The minimum absolute atomic E-state index is 0.0512. The number of halogens is 6. The highest BCUT2D eigenvalue weighted by Crippen LogP contribution is 2.41. The molecule has 1 fully saturated rings. The summed E-state index contributed by atoms with van der Waals surface area (Å²) in [7, 11) is 0. The summed E-state index contributed by atoms with van der Waals surface area (Å²) < 4.78 is 88.5. The lowest BCUT2D eigenvalue weighted by Gasteiger charge is -2.26. The predicted molar refractivity (Wildman–Crippen MR) is 119 cm³/mol. The molecular formula is C26H22F6N2O2. The molecule has 1 N–H and O–H groups in total. The van der Waals surface area contributed by atoms with Gasteiger partial charge in [-0.15, -0.1) is 0 Å². The Kier molecular flexibility index (Phi) is 5.79. The first-order valence-corrected chi connectivity index (χ1v) is 11.3. The predicted octanol–water partition coefficient (Wildman–Crippen LogP) is 5.52. The van der Waals surface area contributed by atoms with E-state index < -0.39 is 40.5 Å². The zero-order valence-corrected chi connectivity index (χ0v) is 19.2. The van der Waals surface area contributed by atoms with Crippen molar-refractivity contribution in [1.29, 1.82) is 0 Å². The van der Waals surface area contributed by atoms with Crippen molar-refractivity contribution >= 4 is 0 Å². The Bertz CT molecular complexity index is 1290. The normalized spacial score (nSPS) is 21.4. The van der Waals surface area contributed by atoms with Gasteiger partial charge in [-0.1, -0.05) is 24.3 Å². The van der Waals surface area contributed by atoms with E-state index in [0.29, 0.717) is 38.4 Å². The molecule has 2 aliphatic rings. The second-order valence-corrected chi connectivity index (χ2v) is 9.60. The van der Waals surface area contributed by atoms with Crippen LogP contribution in [0.2, 0.25) is 0 Å². The number of nitrogens with zero attached hydrogens (tertiary/aromatic N) is 2. The van der Waals surface area contributed by atoms with Crippen molar-refractivity contribution in [2.45, 2.75) is 43.7 Å². The molecule has 0 bridgehead atoms. The number of aromatic nitrogens is 1. The molecule has 0 radical (unpaired) electrons. The fourth-order valence-corrected chi connectivity index (χ4v) is 4.92. The number of hydrogen-bond acceptors (Lipinski definition) is 4. The summed E-state index contributed by atoms with van der Waals surface area (Å²) in [4.78, 5) is 5.79. The molecule has 10 heteroatoms. The first kappa shape index (κ1) is 24.6. The van der Waals surface area contributed by atoms with Crippen LogP contribution in [0, 0.1) is 17.6 Å². The summed E-state index contributed by atoms with van der Waals surface area (Å²) in [6.45, 7) is 1.97. The number of likely N-dealkylation sites (tertiary alicyclic amines) is 1. The third kappa shape index (κ3) is 4.32. The minimum Gasteiger partial charge on any atom is -0.469 e. The van der Waals surface area contributed by atoms with E-state index in [2.05, 4.69) is 4.98 Å². The quantitative estimate of drug-likeness (QED) is 0.373. The van der Waals surface area contributed by atoms with Gasteiger partial charge in [0.05, 0.1) is 5.56 Å². The molecule has 2 aromatic carbocycles. The number of benzene rings is 2. The number of alkyl halides is 3. The first-order chi connectivity index (χ1) is 16.9. The number of fused-ring (bicyclic) bond motifs is 1. The molecule has 0 aliphatic carbocycles. The van der Waals surface area contributed by atoms with Gasteiger partial charge in [0.25, 0.3) is 0 Å². The Morgan fingerprint density at radius 1 is 1.03 bits per heavy atom. The number of hydrogen-bond donors (Lipinski definition) is 1. The molecule has 36 heavy (non-hydrogen) atoms. The zero-order valence-electron chi connectivity index (χ0n) is 19.2. The maximum atomic E-state index is 14.9. The molecule has 4 nitrogen and oxygen atoms in total. The average molecular weight is 508 g/mol. The Labute approximate surface area is 203 Å². The van der Waals surface area contributed by atoms with Gasteiger partial charge in [-0.25, -0.2) is 8.78 Å². The van der Waals surface area contributed by atoms with Crippen LogP contribution in [-0.2, 0) is 18.6 Å². The molecule has 2 aliphatic heterocycles. The van der Waals surface area contributed by atoms with Crippen LogP contribution in [0.5, 0.6) is 5.88 Å². The van der Waals surface area contributed by atoms with Crippen LogP contribution < -0.4 is 4.74 Å². The SMILES string of the molecule is CC(O)(c1ccc(-c2c(F)cc(CN3CCC4(Cc5ccc(F)nc5O4)C3)cc2F)cc1)C(F)(F)F. The van der Waals surface area contributed by atoms with Crippen molar-refractivity contribution in [3.8, 4) is 17.0 Å². The Balaban J connectivity index is 1.31. The molecule has 2 unspecified atom stereocenters. The van der Waals surface area contributed by atoms with Gasteiger partial charge >= 0.3 is 6.18 Å². The molecule has 5 rings (SSSR count). The molecule has 1 aromatic heterocycles. The Morgan fingerprint density at radius 2 is 1.69 bits per heavy atom. The monoisotopic (exact) mass is 508 g/mol. The highest BCUT2D eigenvalue weighted by atomic mass is 19.4. The van der Waals surface area contributed by atoms with Crippen LogP contribution in [0.1, 0.15) is 30.0 Å². The van der Waals surface area contributed by atoms with Crippen molar-refractivity contribution < 1.29 is 36.2 Å². The minimum atomic E-state index is -4.90. The van der Waals surface area contributed by atoms with E-state index in [9.17, 15) is 31.4 Å². The maximum absolute atomic E-state index is 14.9. The largest absolute Gasteiger partial charge is 0.469 e. The van der Waals surface area contributed by atoms with Crippen LogP contribution in [0.25, 0.3) is 11.1 Å². The van der Waals surface area contributed by atoms with E-state index in [1.54, 1.807) is 6.07 Å². The lowest BCUT2D eigenvalue weighted by molar-refractivity contribution is -0.258. The van der Waals surface area contributed by atoms with Crippen LogP contribution in [0.3, 0.4) is 0 Å². The van der Waals surface area contributed by atoms with Crippen molar-refractivity contribution in [2.75, 3.05) is 13.1 Å². The van der Waals surface area contributed by atoms with Gasteiger partial charge in [0.15, 0.2) is 5.60 Å². The summed E-state index contributed by atoms with van der Waals surface area (Å²) >= 11 is 0. The smallest absolute Gasteiger partial charge is 0.421 e. The molecule has 3 heterocycles. The second kappa shape index (κ2) is 8.48. The molecular weight excluding hydrogens is 486 g/mol. The highest BCUT2D eigenvalue weighted by Gasteiger charge is 2.51. The summed E-state index contributed by atoms with van der Waals surface area (Å²) in [6.07, 6.45) is -3.67. The van der Waals surface area contributed by atoms with Gasteiger partial charge in [-0.2, -0.15) is 22.5 Å². The molecule has 1 spiro atoms. The van der Waals surface area contributed by atoms with E-state index in [0.717, 1.165) is 29.8 Å². The maximum Gasteiger partial charge on any atom is 0.421 e. The number of rotatable bonds is 4. The number of pyridine rings is 1. The van der Waals surface area contributed by atoms with Gasteiger partial charge in [0.2, 0.25) is 11.8 Å². The van der Waals surface area contributed by atoms with Crippen molar-refractivity contribution in [1.82, 2.24) is 9.88 Å². The van der Waals surface area contributed by atoms with E-state index >= 15 is 0 Å². The summed E-state index contributed by atoms with van der Waals surface area (Å²) in [5.74, 6) is -2.04. The first-order valence-electron chi connectivity index (χ1n) is 11.3. The summed E-state index contributed by atoms with van der Waals surface area (Å²) in [6, 6.07) is 9.62. The molecule has 190 valence electrons. The van der Waals surface area contributed by atoms with Crippen molar-refractivity contribution in [2.24, 2.45) is 0 Å². The van der Waals surface area contributed by atoms with Gasteiger partial charge in [-0.05, 0) is 47.9 Å². The highest BCUT2D eigenvalue weighted by molar-refractivity contribution is 5.66. The third-order valence-electron chi connectivity index (χ3n) is 6.92. The fraction of sp³-hybridized carbons (Fsp3) is 0.346. The fourth-order valence-electron chi connectivity index (χ4n) is 4.92. The van der Waals surface area contributed by atoms with E-state index in [-0.39, 0.29) is 23.6 Å².